The van der Waals surface area contributed by atoms with Crippen molar-refractivity contribution in [2.24, 2.45) is 0 Å². The predicted molar refractivity (Wildman–Crippen MR) is 87.2 cm³/mol. The number of carbonyl (C=O) groups excluding carboxylic acids is 2. The summed E-state index contributed by atoms with van der Waals surface area (Å²) in [6.07, 6.45) is -4.87. The molecule has 0 radical (unpaired) electrons. The van der Waals surface area contributed by atoms with Crippen LogP contribution >= 0.6 is 0 Å². The lowest BCUT2D eigenvalue weighted by atomic mass is 10.0. The highest BCUT2D eigenvalue weighted by atomic mass is 19.4. The molecule has 140 valence electrons. The molecule has 2 aromatic rings. The van der Waals surface area contributed by atoms with Crippen molar-refractivity contribution in [2.75, 3.05) is 7.11 Å². The number of ketones is 1. The number of aromatic hydroxyl groups is 1. The molecule has 1 heterocycles. The van der Waals surface area contributed by atoms with Crippen molar-refractivity contribution in [3.05, 3.63) is 52.8 Å². The molecule has 1 atom stereocenters. The largest absolute Gasteiger partial charge is 0.508 e. The Morgan fingerprint density at radius 2 is 1.77 bits per heavy atom. The van der Waals surface area contributed by atoms with Crippen LogP contribution in [0.2, 0.25) is 0 Å². The highest BCUT2D eigenvalue weighted by Crippen LogP contribution is 2.29. The zero-order valence-corrected chi connectivity index (χ0v) is 14.4. The summed E-state index contributed by atoms with van der Waals surface area (Å²) in [6, 6.07) is 6.26. The summed E-state index contributed by atoms with van der Waals surface area (Å²) in [5, 5.41) is 9.35. The van der Waals surface area contributed by atoms with Crippen LogP contribution < -0.4 is 0 Å². The lowest BCUT2D eigenvalue weighted by Gasteiger charge is -2.21. The minimum atomic E-state index is -5.00. The number of methoxy groups -OCH3 is 1. The molecule has 1 aromatic heterocycles. The van der Waals surface area contributed by atoms with E-state index in [1.807, 2.05) is 0 Å². The van der Waals surface area contributed by atoms with E-state index in [9.17, 15) is 27.9 Å². The molecule has 0 aliphatic heterocycles. The third-order valence-corrected chi connectivity index (χ3v) is 4.14. The Balaban J connectivity index is 2.49. The molecule has 5 nitrogen and oxygen atoms in total. The molecule has 0 saturated carbocycles. The number of hydrogen-bond donors (Lipinski definition) is 1. The van der Waals surface area contributed by atoms with E-state index in [1.54, 1.807) is 12.1 Å². The van der Waals surface area contributed by atoms with Crippen molar-refractivity contribution in [3.63, 3.8) is 0 Å². The van der Waals surface area contributed by atoms with Gasteiger partial charge < -0.3 is 14.4 Å². The first-order valence-corrected chi connectivity index (χ1v) is 7.72. The highest BCUT2D eigenvalue weighted by Gasteiger charge is 2.41. The van der Waals surface area contributed by atoms with Crippen molar-refractivity contribution < 1.29 is 32.6 Å². The fourth-order valence-electron chi connectivity index (χ4n) is 2.91. The number of aryl methyl sites for hydroxylation is 1. The van der Waals surface area contributed by atoms with Crippen molar-refractivity contribution in [1.29, 1.82) is 0 Å². The third kappa shape index (κ3) is 3.89. The number of aromatic nitrogens is 1. The number of ether oxygens (including phenoxy) is 1. The molecule has 0 amide bonds. The zero-order valence-electron chi connectivity index (χ0n) is 14.4. The van der Waals surface area contributed by atoms with Crippen LogP contribution in [0.15, 0.2) is 30.3 Å². The molecular weight excluding hydrogens is 351 g/mol. The normalized spacial score (nSPS) is 12.7. The van der Waals surface area contributed by atoms with Gasteiger partial charge in [-0.25, -0.2) is 4.79 Å². The maximum absolute atomic E-state index is 12.8. The summed E-state index contributed by atoms with van der Waals surface area (Å²) in [5.74, 6) is -2.55. The summed E-state index contributed by atoms with van der Waals surface area (Å²) in [6.45, 7) is 2.88. The number of rotatable bonds is 5. The summed E-state index contributed by atoms with van der Waals surface area (Å²) < 4.78 is 44.5. The quantitative estimate of drug-likeness (QED) is 0.647. The van der Waals surface area contributed by atoms with Crippen molar-refractivity contribution in [2.45, 2.75) is 32.5 Å². The van der Waals surface area contributed by atoms with Crippen LogP contribution in [-0.4, -0.2) is 34.7 Å². The molecule has 0 aliphatic rings. The van der Waals surface area contributed by atoms with Crippen LogP contribution in [0.3, 0.4) is 0 Å². The van der Waals surface area contributed by atoms with Crippen LogP contribution in [-0.2, 0) is 16.0 Å². The number of alkyl halides is 3. The van der Waals surface area contributed by atoms with Gasteiger partial charge in [0, 0.05) is 23.4 Å². The Hall–Kier alpha value is -2.77. The molecule has 1 aromatic carbocycles. The number of hydrogen-bond acceptors (Lipinski definition) is 4. The van der Waals surface area contributed by atoms with Crippen molar-refractivity contribution in [1.82, 2.24) is 4.57 Å². The van der Waals surface area contributed by atoms with E-state index in [0.717, 1.165) is 6.07 Å². The Morgan fingerprint density at radius 1 is 1.19 bits per heavy atom. The van der Waals surface area contributed by atoms with E-state index in [1.165, 1.54) is 37.7 Å². The smallest absolute Gasteiger partial charge is 0.454 e. The number of Topliss-reactive ketones (excluding diaryl/α,β-unsaturated/α-hetero) is 1. The van der Waals surface area contributed by atoms with Gasteiger partial charge in [0.1, 0.15) is 11.8 Å². The van der Waals surface area contributed by atoms with Crippen LogP contribution in [0.5, 0.6) is 5.75 Å². The van der Waals surface area contributed by atoms with E-state index in [2.05, 4.69) is 0 Å². The monoisotopic (exact) mass is 369 g/mol. The van der Waals surface area contributed by atoms with Gasteiger partial charge >= 0.3 is 12.1 Å². The average Bonchev–Trinajstić information content (AvgIpc) is 2.86. The maximum Gasteiger partial charge on any atom is 0.454 e. The topological polar surface area (TPSA) is 68.5 Å². The second-order valence-electron chi connectivity index (χ2n) is 5.89. The Labute approximate surface area is 148 Å². The number of benzene rings is 1. The van der Waals surface area contributed by atoms with E-state index in [4.69, 9.17) is 4.74 Å². The van der Waals surface area contributed by atoms with Crippen LogP contribution in [0, 0.1) is 13.8 Å². The standard InChI is InChI=1S/C18H18F3NO4/c1-10-8-14(16(24)18(19,20)21)11(2)22(10)15(17(25)26-3)9-12-4-6-13(23)7-5-12/h4-8,15,23H,9H2,1-3H3/t15-/m0/s1. The summed E-state index contributed by atoms with van der Waals surface area (Å²) >= 11 is 0. The van der Waals surface area contributed by atoms with Crippen LogP contribution in [0.1, 0.15) is 33.4 Å². The molecule has 1 N–H and O–H groups in total. The predicted octanol–water partition coefficient (Wildman–Crippen LogP) is 3.51. The molecule has 0 fully saturated rings. The van der Waals surface area contributed by atoms with Gasteiger partial charge in [-0.2, -0.15) is 13.2 Å². The van der Waals surface area contributed by atoms with Gasteiger partial charge in [-0.15, -0.1) is 0 Å². The molecule has 8 heteroatoms. The fourth-order valence-corrected chi connectivity index (χ4v) is 2.91. The molecule has 0 spiro atoms. The van der Waals surface area contributed by atoms with Crippen LogP contribution in [0.4, 0.5) is 13.2 Å². The van der Waals surface area contributed by atoms with E-state index in [-0.39, 0.29) is 17.9 Å². The molecule has 0 unspecified atom stereocenters. The number of nitrogens with zero attached hydrogens (tertiary/aromatic N) is 1. The molecule has 0 aliphatic carbocycles. The molecule has 2 rings (SSSR count). The van der Waals surface area contributed by atoms with E-state index in [0.29, 0.717) is 11.3 Å². The first kappa shape index (κ1) is 19.6. The molecule has 0 bridgehead atoms. The van der Waals surface area contributed by atoms with Gasteiger partial charge in [0.05, 0.1) is 7.11 Å². The lowest BCUT2D eigenvalue weighted by molar-refractivity contribution is -0.144. The summed E-state index contributed by atoms with van der Waals surface area (Å²) in [7, 11) is 1.18. The Bertz CT molecular complexity index is 822. The van der Waals surface area contributed by atoms with Crippen LogP contribution in [0.25, 0.3) is 0 Å². The minimum absolute atomic E-state index is 0.0407. The van der Waals surface area contributed by atoms with Crippen molar-refractivity contribution >= 4 is 11.8 Å². The number of phenols is 1. The fraction of sp³-hybridized carbons (Fsp3) is 0.333. The van der Waals surface area contributed by atoms with Gasteiger partial charge in [-0.3, -0.25) is 4.79 Å². The maximum atomic E-state index is 12.8. The number of halogens is 3. The number of esters is 1. The zero-order chi connectivity index (χ0) is 19.6. The van der Waals surface area contributed by atoms with Gasteiger partial charge in [-0.05, 0) is 37.6 Å². The van der Waals surface area contributed by atoms with Gasteiger partial charge in [0.2, 0.25) is 0 Å². The third-order valence-electron chi connectivity index (χ3n) is 4.14. The average molecular weight is 369 g/mol. The SMILES string of the molecule is COC(=O)[C@H](Cc1ccc(O)cc1)n1c(C)cc(C(=O)C(F)(F)F)c1C. The molecular formula is C18H18F3NO4. The summed E-state index contributed by atoms with van der Waals surface area (Å²) in [5.41, 5.74) is 0.562. The molecule has 26 heavy (non-hydrogen) atoms. The molecule has 0 saturated heterocycles. The lowest BCUT2D eigenvalue weighted by Crippen LogP contribution is -2.26. The second kappa shape index (κ2) is 7.23. The number of carbonyl (C=O) groups is 2. The Kier molecular flexibility index (Phi) is 5.44. The van der Waals surface area contributed by atoms with Crippen molar-refractivity contribution in [3.8, 4) is 5.75 Å². The van der Waals surface area contributed by atoms with E-state index >= 15 is 0 Å². The van der Waals surface area contributed by atoms with Gasteiger partial charge in [0.15, 0.2) is 0 Å². The first-order chi connectivity index (χ1) is 12.1. The minimum Gasteiger partial charge on any atom is -0.508 e. The summed E-state index contributed by atoms with van der Waals surface area (Å²) in [4.78, 5) is 23.9. The Morgan fingerprint density at radius 3 is 2.27 bits per heavy atom. The van der Waals surface area contributed by atoms with E-state index < -0.39 is 29.5 Å². The number of phenolic OH excluding ortho intramolecular Hbond substituents is 1. The van der Waals surface area contributed by atoms with Gasteiger partial charge in [-0.1, -0.05) is 12.1 Å². The first-order valence-electron chi connectivity index (χ1n) is 7.72. The van der Waals surface area contributed by atoms with Gasteiger partial charge in [0.25, 0.3) is 5.78 Å². The second-order valence-corrected chi connectivity index (χ2v) is 5.89. The highest BCUT2D eigenvalue weighted by molar-refractivity contribution is 6.01.